The van der Waals surface area contributed by atoms with Crippen LogP contribution in [-0.4, -0.2) is 19.4 Å². The van der Waals surface area contributed by atoms with Crippen molar-refractivity contribution in [1.82, 2.24) is 0 Å². The molecular formula is C25H39NO2. The number of rotatable bonds is 5. The molecule has 0 saturated heterocycles. The number of benzene rings is 1. The van der Waals surface area contributed by atoms with Gasteiger partial charge in [-0.3, -0.25) is 4.79 Å². The highest BCUT2D eigenvalue weighted by atomic mass is 16.5. The highest BCUT2D eigenvalue weighted by Gasteiger charge is 2.58. The van der Waals surface area contributed by atoms with Gasteiger partial charge in [0, 0.05) is 11.8 Å². The van der Waals surface area contributed by atoms with Crippen LogP contribution in [0.1, 0.15) is 82.8 Å². The first-order valence-corrected chi connectivity index (χ1v) is 11.5. The summed E-state index contributed by atoms with van der Waals surface area (Å²) >= 11 is 0. The number of ether oxygens (including phenoxy) is 1. The van der Waals surface area contributed by atoms with Crippen molar-refractivity contribution in [3.05, 3.63) is 29.3 Å². The first kappa shape index (κ1) is 21.4. The van der Waals surface area contributed by atoms with Gasteiger partial charge in [-0.15, -0.1) is 0 Å². The number of ketones is 1. The molecule has 0 aromatic heterocycles. The molecule has 3 heteroatoms. The van der Waals surface area contributed by atoms with Gasteiger partial charge in [-0.25, -0.2) is 0 Å². The van der Waals surface area contributed by atoms with Gasteiger partial charge in [0.2, 0.25) is 0 Å². The van der Waals surface area contributed by atoms with E-state index in [2.05, 4.69) is 25.1 Å². The van der Waals surface area contributed by atoms with Gasteiger partial charge in [0.15, 0.2) is 0 Å². The summed E-state index contributed by atoms with van der Waals surface area (Å²) in [6.45, 7) is 7.05. The number of Topliss-reactive ketones (excluding diaryl/α,β-unsaturated/α-hetero) is 1. The summed E-state index contributed by atoms with van der Waals surface area (Å²) in [5.74, 6) is 3.96. The molecule has 4 rings (SSSR count). The second-order valence-electron chi connectivity index (χ2n) is 9.03. The molecule has 3 nitrogen and oxygen atoms in total. The number of nitrogens with two attached hydrogens (primary N) is 1. The van der Waals surface area contributed by atoms with Crippen LogP contribution in [-0.2, 0) is 11.2 Å². The maximum atomic E-state index is 12.9. The Bertz CT molecular complexity index is 685. The minimum Gasteiger partial charge on any atom is -0.497 e. The van der Waals surface area contributed by atoms with E-state index < -0.39 is 0 Å². The number of unbranched alkanes of at least 4 members (excludes halogenated alkanes) is 1. The SMILES string of the molecule is CC.COc1ccc2c(c1)CCC1C2CCC2(C)C(=O)CC(CCCCN)C12. The lowest BCUT2D eigenvalue weighted by Gasteiger charge is -2.50. The molecule has 0 heterocycles. The van der Waals surface area contributed by atoms with Crippen LogP contribution < -0.4 is 10.5 Å². The maximum Gasteiger partial charge on any atom is 0.139 e. The van der Waals surface area contributed by atoms with Gasteiger partial charge in [0.1, 0.15) is 11.5 Å². The average molecular weight is 386 g/mol. The van der Waals surface area contributed by atoms with Gasteiger partial charge in [-0.1, -0.05) is 33.3 Å². The zero-order valence-corrected chi connectivity index (χ0v) is 18.3. The Morgan fingerprint density at radius 1 is 1.21 bits per heavy atom. The topological polar surface area (TPSA) is 52.3 Å². The highest BCUT2D eigenvalue weighted by molar-refractivity contribution is 5.87. The first-order valence-electron chi connectivity index (χ1n) is 11.5. The van der Waals surface area contributed by atoms with Gasteiger partial charge in [-0.05, 0) is 92.0 Å². The molecule has 156 valence electrons. The predicted octanol–water partition coefficient (Wildman–Crippen LogP) is 5.50. The van der Waals surface area contributed by atoms with Gasteiger partial charge in [0.25, 0.3) is 0 Å². The Labute approximate surface area is 171 Å². The smallest absolute Gasteiger partial charge is 0.139 e. The number of carbonyl (C=O) groups is 1. The summed E-state index contributed by atoms with van der Waals surface area (Å²) in [6.07, 6.45) is 8.84. The third-order valence-corrected chi connectivity index (χ3v) is 7.81. The number of hydrogen-bond donors (Lipinski definition) is 1. The van der Waals surface area contributed by atoms with Crippen molar-refractivity contribution < 1.29 is 9.53 Å². The van der Waals surface area contributed by atoms with Crippen LogP contribution in [0.4, 0.5) is 0 Å². The predicted molar refractivity (Wildman–Crippen MR) is 116 cm³/mol. The van der Waals surface area contributed by atoms with E-state index in [-0.39, 0.29) is 5.41 Å². The summed E-state index contributed by atoms with van der Waals surface area (Å²) in [7, 11) is 1.75. The quantitative estimate of drug-likeness (QED) is 0.681. The van der Waals surface area contributed by atoms with Crippen LogP contribution in [0.15, 0.2) is 18.2 Å². The highest BCUT2D eigenvalue weighted by Crippen LogP contribution is 2.62. The largest absolute Gasteiger partial charge is 0.497 e. The molecule has 2 saturated carbocycles. The lowest BCUT2D eigenvalue weighted by molar-refractivity contribution is -0.129. The summed E-state index contributed by atoms with van der Waals surface area (Å²) in [5, 5.41) is 0. The van der Waals surface area contributed by atoms with Gasteiger partial charge >= 0.3 is 0 Å². The number of methoxy groups -OCH3 is 1. The van der Waals surface area contributed by atoms with Crippen LogP contribution in [0.25, 0.3) is 0 Å². The van der Waals surface area contributed by atoms with E-state index in [1.165, 1.54) is 30.4 Å². The third-order valence-electron chi connectivity index (χ3n) is 7.81. The third kappa shape index (κ3) is 3.63. The van der Waals surface area contributed by atoms with Crippen LogP contribution in [0.3, 0.4) is 0 Å². The fourth-order valence-corrected chi connectivity index (χ4v) is 6.56. The second-order valence-corrected chi connectivity index (χ2v) is 9.03. The Hall–Kier alpha value is -1.35. The molecule has 3 aliphatic rings. The normalized spacial score (nSPS) is 33.2. The number of hydrogen-bond acceptors (Lipinski definition) is 3. The lowest BCUT2D eigenvalue weighted by atomic mass is 9.54. The van der Waals surface area contributed by atoms with Crippen LogP contribution in [0.5, 0.6) is 5.75 Å². The van der Waals surface area contributed by atoms with E-state index in [0.29, 0.717) is 29.5 Å². The van der Waals surface area contributed by atoms with Crippen molar-refractivity contribution in [3.63, 3.8) is 0 Å². The number of aryl methyl sites for hydroxylation is 1. The van der Waals surface area contributed by atoms with E-state index in [0.717, 1.165) is 44.4 Å². The summed E-state index contributed by atoms with van der Waals surface area (Å²) < 4.78 is 5.43. The zero-order valence-electron chi connectivity index (χ0n) is 18.3. The molecule has 28 heavy (non-hydrogen) atoms. The second kappa shape index (κ2) is 8.98. The Balaban J connectivity index is 0.00000109. The van der Waals surface area contributed by atoms with Crippen molar-refractivity contribution in [2.75, 3.05) is 13.7 Å². The van der Waals surface area contributed by atoms with Crippen molar-refractivity contribution in [3.8, 4) is 5.75 Å². The molecule has 3 aliphatic carbocycles. The Morgan fingerprint density at radius 2 is 2.00 bits per heavy atom. The fraction of sp³-hybridized carbons (Fsp3) is 0.720. The summed E-state index contributed by atoms with van der Waals surface area (Å²) in [4.78, 5) is 12.9. The van der Waals surface area contributed by atoms with Crippen LogP contribution >= 0.6 is 0 Å². The minimum atomic E-state index is -0.0709. The maximum absolute atomic E-state index is 12.9. The van der Waals surface area contributed by atoms with E-state index in [9.17, 15) is 4.79 Å². The summed E-state index contributed by atoms with van der Waals surface area (Å²) in [6, 6.07) is 6.65. The van der Waals surface area contributed by atoms with E-state index >= 15 is 0 Å². The van der Waals surface area contributed by atoms with Gasteiger partial charge in [0.05, 0.1) is 7.11 Å². The standard InChI is InChI=1S/C23H33NO2.C2H6/c1-23-11-10-19-18-9-7-17(26-2)13-15(18)6-8-20(19)22(23)16(14-21(23)25)5-3-4-12-24;1-2/h7,9,13,16,19-20,22H,3-6,8,10-12,14,24H2,1-2H3;1-2H3. The molecule has 5 atom stereocenters. The van der Waals surface area contributed by atoms with E-state index in [1.54, 1.807) is 7.11 Å². The molecule has 1 aromatic carbocycles. The summed E-state index contributed by atoms with van der Waals surface area (Å²) in [5.41, 5.74) is 8.64. The first-order chi connectivity index (χ1) is 13.6. The molecule has 0 bridgehead atoms. The monoisotopic (exact) mass is 385 g/mol. The van der Waals surface area contributed by atoms with E-state index in [4.69, 9.17) is 10.5 Å². The Kier molecular flexibility index (Phi) is 6.85. The van der Waals surface area contributed by atoms with Crippen molar-refractivity contribution in [1.29, 1.82) is 0 Å². The van der Waals surface area contributed by atoms with Crippen molar-refractivity contribution in [2.45, 2.75) is 78.1 Å². The lowest BCUT2D eigenvalue weighted by Crippen LogP contribution is -2.44. The molecule has 2 N–H and O–H groups in total. The zero-order chi connectivity index (χ0) is 20.3. The molecule has 0 aliphatic heterocycles. The average Bonchev–Trinajstić information content (AvgIpc) is 2.99. The van der Waals surface area contributed by atoms with Crippen LogP contribution in [0.2, 0.25) is 0 Å². The Morgan fingerprint density at radius 3 is 2.71 bits per heavy atom. The minimum absolute atomic E-state index is 0.0709. The van der Waals surface area contributed by atoms with Gasteiger partial charge in [-0.2, -0.15) is 0 Å². The molecule has 0 spiro atoms. The molecule has 0 amide bonds. The molecule has 1 aromatic rings. The number of carbonyl (C=O) groups excluding carboxylic acids is 1. The van der Waals surface area contributed by atoms with Gasteiger partial charge < -0.3 is 10.5 Å². The molecule has 2 fully saturated rings. The molecule has 0 radical (unpaired) electrons. The molecular weight excluding hydrogens is 346 g/mol. The van der Waals surface area contributed by atoms with Crippen LogP contribution in [0, 0.1) is 23.2 Å². The van der Waals surface area contributed by atoms with Crippen molar-refractivity contribution >= 4 is 5.78 Å². The molecule has 5 unspecified atom stereocenters. The van der Waals surface area contributed by atoms with E-state index in [1.807, 2.05) is 13.8 Å². The number of fused-ring (bicyclic) bond motifs is 5. The fourth-order valence-electron chi connectivity index (χ4n) is 6.56. The van der Waals surface area contributed by atoms with Crippen molar-refractivity contribution in [2.24, 2.45) is 28.9 Å².